The second-order valence-electron chi connectivity index (χ2n) is 6.21. The van der Waals surface area contributed by atoms with Crippen molar-refractivity contribution < 1.29 is 14.0 Å². The molecule has 140 valence electrons. The third-order valence-corrected chi connectivity index (χ3v) is 5.52. The summed E-state index contributed by atoms with van der Waals surface area (Å²) >= 11 is 7.46. The highest BCUT2D eigenvalue weighted by molar-refractivity contribution is 7.22. The van der Waals surface area contributed by atoms with Gasteiger partial charge in [0.1, 0.15) is 5.76 Å². The van der Waals surface area contributed by atoms with Gasteiger partial charge < -0.3 is 4.42 Å². The zero-order valence-corrected chi connectivity index (χ0v) is 16.5. The molecule has 0 aliphatic rings. The van der Waals surface area contributed by atoms with Gasteiger partial charge in [0.15, 0.2) is 10.9 Å². The van der Waals surface area contributed by atoms with Gasteiger partial charge in [-0.15, -0.1) is 0 Å². The van der Waals surface area contributed by atoms with Crippen LogP contribution in [0.5, 0.6) is 0 Å². The van der Waals surface area contributed by atoms with Crippen LogP contribution in [0.4, 0.5) is 5.13 Å². The summed E-state index contributed by atoms with van der Waals surface area (Å²) in [5.74, 6) is 0.372. The minimum atomic E-state index is -0.225. The summed E-state index contributed by atoms with van der Waals surface area (Å²) in [5.41, 5.74) is 1.80. The topological polar surface area (TPSA) is 63.4 Å². The molecule has 28 heavy (non-hydrogen) atoms. The van der Waals surface area contributed by atoms with Crippen LogP contribution in [0.15, 0.2) is 65.3 Å². The van der Waals surface area contributed by atoms with E-state index < -0.39 is 0 Å². The lowest BCUT2D eigenvalue weighted by atomic mass is 10.1. The Balaban J connectivity index is 1.73. The van der Waals surface area contributed by atoms with Gasteiger partial charge in [-0.3, -0.25) is 14.5 Å². The summed E-state index contributed by atoms with van der Waals surface area (Å²) in [5, 5.41) is 1.17. The molecule has 0 aliphatic heterocycles. The first-order valence-corrected chi connectivity index (χ1v) is 9.72. The number of ketones is 1. The van der Waals surface area contributed by atoms with E-state index >= 15 is 0 Å². The van der Waals surface area contributed by atoms with Crippen LogP contribution in [0.1, 0.15) is 33.4 Å². The number of carbonyl (C=O) groups excluding carboxylic acids is 2. The van der Waals surface area contributed by atoms with E-state index in [4.69, 9.17) is 16.0 Å². The molecule has 5 nitrogen and oxygen atoms in total. The minimum Gasteiger partial charge on any atom is -0.467 e. The largest absolute Gasteiger partial charge is 0.467 e. The maximum atomic E-state index is 13.2. The lowest BCUT2D eigenvalue weighted by Gasteiger charge is -2.19. The minimum absolute atomic E-state index is 0.0468. The predicted octanol–water partition coefficient (Wildman–Crippen LogP) is 5.59. The highest BCUT2D eigenvalue weighted by atomic mass is 35.5. The van der Waals surface area contributed by atoms with Crippen LogP contribution >= 0.6 is 22.9 Å². The summed E-state index contributed by atoms with van der Waals surface area (Å²) < 4.78 is 6.33. The molecule has 2 aromatic heterocycles. The van der Waals surface area contributed by atoms with E-state index in [1.54, 1.807) is 47.6 Å². The number of Topliss-reactive ketones (excluding diaryl/α,β-unsaturated/α-hetero) is 1. The van der Waals surface area contributed by atoms with Crippen molar-refractivity contribution in [1.82, 2.24) is 4.98 Å². The number of benzene rings is 2. The molecule has 2 heterocycles. The van der Waals surface area contributed by atoms with Gasteiger partial charge in [0.2, 0.25) is 0 Å². The molecule has 2 aromatic carbocycles. The average molecular weight is 411 g/mol. The first kappa shape index (κ1) is 18.4. The van der Waals surface area contributed by atoms with Gasteiger partial charge in [-0.05, 0) is 49.4 Å². The third kappa shape index (κ3) is 3.69. The van der Waals surface area contributed by atoms with Gasteiger partial charge in [0, 0.05) is 16.1 Å². The van der Waals surface area contributed by atoms with Crippen molar-refractivity contribution >= 4 is 50.0 Å². The van der Waals surface area contributed by atoms with E-state index in [0.29, 0.717) is 27.0 Å². The fraction of sp³-hybridized carbons (Fsp3) is 0.0952. The van der Waals surface area contributed by atoms with Crippen molar-refractivity contribution in [2.45, 2.75) is 13.5 Å². The molecule has 0 fully saturated rings. The molecule has 7 heteroatoms. The van der Waals surface area contributed by atoms with E-state index in [-0.39, 0.29) is 18.2 Å². The lowest BCUT2D eigenvalue weighted by molar-refractivity contribution is 0.0979. The predicted molar refractivity (Wildman–Crippen MR) is 110 cm³/mol. The first-order chi connectivity index (χ1) is 13.5. The van der Waals surface area contributed by atoms with Crippen LogP contribution in [0, 0.1) is 0 Å². The van der Waals surface area contributed by atoms with E-state index in [1.807, 2.05) is 18.2 Å². The maximum absolute atomic E-state index is 13.2. The molecule has 0 bridgehead atoms. The Labute approximate surface area is 170 Å². The van der Waals surface area contributed by atoms with E-state index in [1.165, 1.54) is 18.3 Å². The van der Waals surface area contributed by atoms with Crippen molar-refractivity contribution in [1.29, 1.82) is 0 Å². The number of thiazole rings is 1. The number of anilines is 1. The molecule has 0 spiro atoms. The Kier molecular flexibility index (Phi) is 4.98. The van der Waals surface area contributed by atoms with Gasteiger partial charge in [-0.25, -0.2) is 4.98 Å². The van der Waals surface area contributed by atoms with Gasteiger partial charge >= 0.3 is 0 Å². The molecule has 4 aromatic rings. The third-order valence-electron chi connectivity index (χ3n) is 4.25. The quantitative estimate of drug-likeness (QED) is 0.402. The summed E-state index contributed by atoms with van der Waals surface area (Å²) in [6.07, 6.45) is 1.57. The van der Waals surface area contributed by atoms with E-state index in [2.05, 4.69) is 4.98 Å². The number of carbonyl (C=O) groups is 2. The molecule has 0 atom stereocenters. The number of aromatic nitrogens is 1. The molecule has 0 saturated heterocycles. The van der Waals surface area contributed by atoms with E-state index in [9.17, 15) is 9.59 Å². The van der Waals surface area contributed by atoms with Crippen LogP contribution in [0.25, 0.3) is 10.2 Å². The van der Waals surface area contributed by atoms with Crippen LogP contribution in [0.3, 0.4) is 0 Å². The molecular formula is C21H15ClN2O3S. The molecule has 0 unspecified atom stereocenters. The Morgan fingerprint density at radius 2 is 1.86 bits per heavy atom. The average Bonchev–Trinajstić information content (AvgIpc) is 3.34. The molecule has 0 aliphatic carbocycles. The normalized spacial score (nSPS) is 10.9. The lowest BCUT2D eigenvalue weighted by Crippen LogP contribution is -2.30. The fourth-order valence-electron chi connectivity index (χ4n) is 2.79. The highest BCUT2D eigenvalue weighted by Gasteiger charge is 2.23. The smallest absolute Gasteiger partial charge is 0.260 e. The number of rotatable bonds is 5. The van der Waals surface area contributed by atoms with Gasteiger partial charge in [-0.1, -0.05) is 35.1 Å². The van der Waals surface area contributed by atoms with Gasteiger partial charge in [0.25, 0.3) is 5.91 Å². The summed E-state index contributed by atoms with van der Waals surface area (Å²) in [6, 6.07) is 15.6. The summed E-state index contributed by atoms with van der Waals surface area (Å²) in [4.78, 5) is 30.9. The summed E-state index contributed by atoms with van der Waals surface area (Å²) in [7, 11) is 0. The summed E-state index contributed by atoms with van der Waals surface area (Å²) in [6.45, 7) is 1.74. The molecule has 0 radical (unpaired) electrons. The van der Waals surface area contributed by atoms with Crippen LogP contribution in [0.2, 0.25) is 5.02 Å². The Morgan fingerprint density at radius 3 is 2.54 bits per heavy atom. The van der Waals surface area contributed by atoms with Crippen molar-refractivity contribution in [2.24, 2.45) is 0 Å². The monoisotopic (exact) mass is 410 g/mol. The zero-order valence-electron chi connectivity index (χ0n) is 14.9. The molecular weight excluding hydrogens is 396 g/mol. The first-order valence-electron chi connectivity index (χ1n) is 8.52. The Bertz CT molecular complexity index is 1150. The Hall–Kier alpha value is -2.96. The molecule has 0 saturated carbocycles. The van der Waals surface area contributed by atoms with Gasteiger partial charge in [-0.2, -0.15) is 0 Å². The van der Waals surface area contributed by atoms with Crippen molar-refractivity contribution in [3.05, 3.63) is 82.8 Å². The maximum Gasteiger partial charge on any atom is 0.260 e. The van der Waals surface area contributed by atoms with Crippen LogP contribution < -0.4 is 4.90 Å². The Morgan fingerprint density at radius 1 is 1.11 bits per heavy atom. The van der Waals surface area contributed by atoms with Gasteiger partial charge in [0.05, 0.1) is 23.0 Å². The number of amides is 1. The SMILES string of the molecule is CC(=O)c1ccc(C(=O)N(Cc2ccco2)c2nc3ccc(Cl)cc3s2)cc1. The molecule has 4 rings (SSSR count). The van der Waals surface area contributed by atoms with Crippen LogP contribution in [-0.2, 0) is 6.54 Å². The van der Waals surface area contributed by atoms with Crippen LogP contribution in [-0.4, -0.2) is 16.7 Å². The van der Waals surface area contributed by atoms with E-state index in [0.717, 1.165) is 10.2 Å². The number of hydrogen-bond acceptors (Lipinski definition) is 5. The van der Waals surface area contributed by atoms with Crippen molar-refractivity contribution in [3.63, 3.8) is 0 Å². The standard InChI is InChI=1S/C21H15ClN2O3S/c1-13(25)14-4-6-15(7-5-14)20(26)24(12-17-3-2-10-27-17)21-23-18-9-8-16(22)11-19(18)28-21/h2-11H,12H2,1H3. The zero-order chi connectivity index (χ0) is 19.7. The number of fused-ring (bicyclic) bond motifs is 1. The molecule has 1 amide bonds. The second-order valence-corrected chi connectivity index (χ2v) is 7.66. The number of nitrogens with zero attached hydrogens (tertiary/aromatic N) is 2. The number of hydrogen-bond donors (Lipinski definition) is 0. The number of halogens is 1. The van der Waals surface area contributed by atoms with Crippen molar-refractivity contribution in [3.8, 4) is 0 Å². The van der Waals surface area contributed by atoms with Crippen molar-refractivity contribution in [2.75, 3.05) is 4.90 Å². The second kappa shape index (κ2) is 7.58. The fourth-order valence-corrected chi connectivity index (χ4v) is 4.03. The highest BCUT2D eigenvalue weighted by Crippen LogP contribution is 2.32. The number of furan rings is 1. The molecule has 0 N–H and O–H groups in total.